The van der Waals surface area contributed by atoms with Crippen LogP contribution in [-0.2, 0) is 21.4 Å². The van der Waals surface area contributed by atoms with Gasteiger partial charge in [0.2, 0.25) is 0 Å². The molecule has 0 amide bonds. The lowest BCUT2D eigenvalue weighted by molar-refractivity contribution is -0.149. The summed E-state index contributed by atoms with van der Waals surface area (Å²) < 4.78 is 33.0. The maximum atomic E-state index is 14.3. The van der Waals surface area contributed by atoms with Crippen LogP contribution in [0.15, 0.2) is 29.6 Å². The lowest BCUT2D eigenvalue weighted by Gasteiger charge is -2.29. The van der Waals surface area contributed by atoms with E-state index in [0.717, 1.165) is 10.9 Å². The first-order chi connectivity index (χ1) is 10.4. The molecule has 0 saturated carbocycles. The first-order valence-electron chi connectivity index (χ1n) is 6.83. The molecule has 0 bridgehead atoms. The number of benzene rings is 1. The molecular weight excluding hydrogens is 308 g/mol. The van der Waals surface area contributed by atoms with Gasteiger partial charge >= 0.3 is 5.97 Å². The van der Waals surface area contributed by atoms with Gasteiger partial charge in [0.05, 0.1) is 12.0 Å². The molecular formula is C16H17F2NO2S. The molecule has 0 aliphatic rings. The average molecular weight is 325 g/mol. The maximum Gasteiger partial charge on any atom is 0.316 e. The van der Waals surface area contributed by atoms with Crippen LogP contribution in [-0.4, -0.2) is 12.6 Å². The normalized spacial score (nSPS) is 13.6. The van der Waals surface area contributed by atoms with E-state index >= 15 is 0 Å². The number of nitrogens with two attached hydrogens (primary N) is 1. The highest BCUT2D eigenvalue weighted by Crippen LogP contribution is 2.37. The average Bonchev–Trinajstić information content (AvgIpc) is 2.96. The van der Waals surface area contributed by atoms with Gasteiger partial charge in [0.25, 0.3) is 0 Å². The van der Waals surface area contributed by atoms with Crippen LogP contribution in [0.3, 0.4) is 0 Å². The van der Waals surface area contributed by atoms with E-state index in [4.69, 9.17) is 10.5 Å². The van der Waals surface area contributed by atoms with Gasteiger partial charge in [-0.05, 0) is 37.4 Å². The van der Waals surface area contributed by atoms with Crippen LogP contribution in [0, 0.1) is 11.6 Å². The summed E-state index contributed by atoms with van der Waals surface area (Å²) in [6.07, 6.45) is 0.189. The number of halogens is 2. The molecule has 0 aliphatic carbocycles. The minimum absolute atomic E-state index is 0.0333. The molecule has 1 unspecified atom stereocenters. The molecule has 1 heterocycles. The second-order valence-corrected chi connectivity index (χ2v) is 6.17. The lowest BCUT2D eigenvalue weighted by Crippen LogP contribution is -2.38. The monoisotopic (exact) mass is 325 g/mol. The number of esters is 1. The van der Waals surface area contributed by atoms with Crippen LogP contribution in [0.5, 0.6) is 0 Å². The Labute approximate surface area is 131 Å². The third kappa shape index (κ3) is 2.97. The third-order valence-corrected chi connectivity index (χ3v) is 4.39. The van der Waals surface area contributed by atoms with Gasteiger partial charge in [-0.1, -0.05) is 6.07 Å². The standard InChI is InChI=1S/C16H17F2NO2S/c1-3-21-15(20)16(2,9-10-5-4-8-22-10)13-12(19)7-6-11(17)14(13)18/h4-8H,3,9,19H2,1-2H3. The summed E-state index contributed by atoms with van der Waals surface area (Å²) in [6, 6.07) is 5.87. The Morgan fingerprint density at radius 1 is 1.36 bits per heavy atom. The first kappa shape index (κ1) is 16.4. The van der Waals surface area contributed by atoms with E-state index in [9.17, 15) is 13.6 Å². The van der Waals surface area contributed by atoms with E-state index < -0.39 is 23.0 Å². The van der Waals surface area contributed by atoms with Crippen molar-refractivity contribution < 1.29 is 18.3 Å². The van der Waals surface area contributed by atoms with Crippen molar-refractivity contribution in [2.24, 2.45) is 0 Å². The second-order valence-electron chi connectivity index (χ2n) is 5.13. The fourth-order valence-electron chi connectivity index (χ4n) is 2.44. The van der Waals surface area contributed by atoms with Crippen molar-refractivity contribution in [2.75, 3.05) is 12.3 Å². The molecule has 6 heteroatoms. The smallest absolute Gasteiger partial charge is 0.316 e. The van der Waals surface area contributed by atoms with Crippen LogP contribution < -0.4 is 5.73 Å². The predicted molar refractivity (Wildman–Crippen MR) is 82.8 cm³/mol. The predicted octanol–water partition coefficient (Wildman–Crippen LogP) is 3.67. The van der Waals surface area contributed by atoms with Crippen LogP contribution >= 0.6 is 11.3 Å². The molecule has 0 radical (unpaired) electrons. The number of hydrogen-bond acceptors (Lipinski definition) is 4. The van der Waals surface area contributed by atoms with E-state index in [1.54, 1.807) is 6.92 Å². The number of anilines is 1. The van der Waals surface area contributed by atoms with Crippen molar-refractivity contribution >= 4 is 23.0 Å². The van der Waals surface area contributed by atoms with Gasteiger partial charge < -0.3 is 10.5 Å². The molecule has 1 aromatic heterocycles. The number of thiophene rings is 1. The number of carbonyl (C=O) groups excluding carboxylic acids is 1. The van der Waals surface area contributed by atoms with Gasteiger partial charge in [-0.3, -0.25) is 4.79 Å². The first-order valence-corrected chi connectivity index (χ1v) is 7.71. The summed E-state index contributed by atoms with van der Waals surface area (Å²) in [5.74, 6) is -2.77. The highest BCUT2D eigenvalue weighted by molar-refractivity contribution is 7.09. The Kier molecular flexibility index (Phi) is 4.81. The van der Waals surface area contributed by atoms with E-state index in [2.05, 4.69) is 0 Å². The Morgan fingerprint density at radius 2 is 2.09 bits per heavy atom. The Balaban J connectivity index is 2.58. The summed E-state index contributed by atoms with van der Waals surface area (Å²) in [6.45, 7) is 3.34. The summed E-state index contributed by atoms with van der Waals surface area (Å²) in [4.78, 5) is 13.3. The zero-order chi connectivity index (χ0) is 16.3. The summed E-state index contributed by atoms with van der Waals surface area (Å²) in [5, 5.41) is 1.85. The second kappa shape index (κ2) is 6.44. The molecule has 3 nitrogen and oxygen atoms in total. The van der Waals surface area contributed by atoms with Gasteiger partial charge in [-0.15, -0.1) is 11.3 Å². The molecule has 0 spiro atoms. The van der Waals surface area contributed by atoms with Gasteiger partial charge in [0.15, 0.2) is 11.6 Å². The quantitative estimate of drug-likeness (QED) is 0.674. The van der Waals surface area contributed by atoms with Crippen LogP contribution in [0.25, 0.3) is 0 Å². The summed E-state index contributed by atoms with van der Waals surface area (Å²) in [7, 11) is 0. The fraction of sp³-hybridized carbons (Fsp3) is 0.312. The van der Waals surface area contributed by atoms with E-state index in [1.165, 1.54) is 24.3 Å². The number of carbonyl (C=O) groups is 1. The molecule has 118 valence electrons. The van der Waals surface area contributed by atoms with Gasteiger partial charge in [0.1, 0.15) is 0 Å². The zero-order valence-electron chi connectivity index (χ0n) is 12.4. The fourth-order valence-corrected chi connectivity index (χ4v) is 3.30. The number of rotatable bonds is 5. The van der Waals surface area contributed by atoms with Crippen molar-refractivity contribution in [3.05, 3.63) is 51.7 Å². The SMILES string of the molecule is CCOC(=O)C(C)(Cc1cccs1)c1c(N)ccc(F)c1F. The summed E-state index contributed by atoms with van der Waals surface area (Å²) in [5.41, 5.74) is 4.32. The van der Waals surface area contributed by atoms with Gasteiger partial charge in [0, 0.05) is 22.5 Å². The topological polar surface area (TPSA) is 52.3 Å². The number of ether oxygens (including phenoxy) is 1. The Hall–Kier alpha value is -1.95. The van der Waals surface area contributed by atoms with Crippen molar-refractivity contribution in [2.45, 2.75) is 25.7 Å². The Bertz CT molecular complexity index is 673. The van der Waals surface area contributed by atoms with Crippen molar-refractivity contribution in [3.8, 4) is 0 Å². The molecule has 0 saturated heterocycles. The van der Waals surface area contributed by atoms with E-state index in [0.29, 0.717) is 0 Å². The largest absolute Gasteiger partial charge is 0.465 e. The number of nitrogen functional groups attached to an aromatic ring is 1. The molecule has 1 aromatic carbocycles. The molecule has 1 atom stereocenters. The molecule has 0 aliphatic heterocycles. The van der Waals surface area contributed by atoms with Crippen LogP contribution in [0.4, 0.5) is 14.5 Å². The van der Waals surface area contributed by atoms with Gasteiger partial charge in [-0.2, -0.15) is 0 Å². The highest BCUT2D eigenvalue weighted by atomic mass is 32.1. The Morgan fingerprint density at radius 3 is 2.68 bits per heavy atom. The molecule has 2 N–H and O–H groups in total. The molecule has 2 rings (SSSR count). The summed E-state index contributed by atoms with van der Waals surface area (Å²) >= 11 is 1.43. The van der Waals surface area contributed by atoms with E-state index in [1.807, 2.05) is 17.5 Å². The molecule has 2 aromatic rings. The third-order valence-electron chi connectivity index (χ3n) is 3.51. The highest BCUT2D eigenvalue weighted by Gasteiger charge is 2.41. The maximum absolute atomic E-state index is 14.3. The van der Waals surface area contributed by atoms with Crippen LogP contribution in [0.1, 0.15) is 24.3 Å². The zero-order valence-corrected chi connectivity index (χ0v) is 13.2. The minimum atomic E-state index is -1.39. The molecule has 0 fully saturated rings. The van der Waals surface area contributed by atoms with E-state index in [-0.39, 0.29) is 24.3 Å². The van der Waals surface area contributed by atoms with Crippen molar-refractivity contribution in [3.63, 3.8) is 0 Å². The lowest BCUT2D eigenvalue weighted by atomic mass is 9.77. The van der Waals surface area contributed by atoms with Crippen molar-refractivity contribution in [1.29, 1.82) is 0 Å². The van der Waals surface area contributed by atoms with Crippen molar-refractivity contribution in [1.82, 2.24) is 0 Å². The molecule has 22 heavy (non-hydrogen) atoms. The van der Waals surface area contributed by atoms with Gasteiger partial charge in [-0.25, -0.2) is 8.78 Å². The van der Waals surface area contributed by atoms with Crippen LogP contribution in [0.2, 0.25) is 0 Å². The number of hydrogen-bond donors (Lipinski definition) is 1. The minimum Gasteiger partial charge on any atom is -0.465 e.